The van der Waals surface area contributed by atoms with Crippen molar-refractivity contribution in [3.63, 3.8) is 0 Å². The van der Waals surface area contributed by atoms with Crippen molar-refractivity contribution in [2.75, 3.05) is 18.5 Å². The Morgan fingerprint density at radius 2 is 2.00 bits per heavy atom. The van der Waals surface area contributed by atoms with Crippen LogP contribution in [-0.2, 0) is 0 Å². The minimum absolute atomic E-state index is 0.244. The molecule has 1 unspecified atom stereocenters. The van der Waals surface area contributed by atoms with E-state index in [2.05, 4.69) is 63.2 Å². The fraction of sp³-hybridized carbons (Fsp3) is 0.600. The number of nitrogens with one attached hydrogen (secondary N) is 1. The highest BCUT2D eigenvalue weighted by Gasteiger charge is 2.38. The molecule has 1 atom stereocenters. The minimum atomic E-state index is 0.244. The van der Waals surface area contributed by atoms with Crippen LogP contribution in [0.25, 0.3) is 0 Å². The molecule has 2 heteroatoms. The van der Waals surface area contributed by atoms with Gasteiger partial charge in [-0.3, -0.25) is 0 Å². The van der Waals surface area contributed by atoms with Crippen LogP contribution in [0.2, 0.25) is 0 Å². The third-order valence-corrected chi connectivity index (χ3v) is 3.93. The molecular weight excluding hydrogens is 208 g/mol. The van der Waals surface area contributed by atoms with Gasteiger partial charge in [-0.15, -0.1) is 0 Å². The molecule has 1 heterocycles. The second-order valence-electron chi connectivity index (χ2n) is 5.90. The number of hydrogen-bond donors (Lipinski definition) is 1. The summed E-state index contributed by atoms with van der Waals surface area (Å²) in [6.07, 6.45) is 1.21. The summed E-state index contributed by atoms with van der Waals surface area (Å²) in [5, 5.41) is 3.41. The Morgan fingerprint density at radius 3 is 2.53 bits per heavy atom. The molecular formula is C15H24N2. The molecule has 2 rings (SSSR count). The summed E-state index contributed by atoms with van der Waals surface area (Å²) >= 11 is 0. The number of rotatable bonds is 2. The fourth-order valence-corrected chi connectivity index (χ4v) is 2.97. The van der Waals surface area contributed by atoms with Crippen LogP contribution in [0.5, 0.6) is 0 Å². The minimum Gasteiger partial charge on any atom is -0.365 e. The molecule has 1 aliphatic rings. The van der Waals surface area contributed by atoms with Crippen molar-refractivity contribution in [1.29, 1.82) is 0 Å². The Labute approximate surface area is 105 Å². The van der Waals surface area contributed by atoms with Crippen LogP contribution < -0.4 is 10.2 Å². The molecule has 94 valence electrons. The lowest BCUT2D eigenvalue weighted by molar-refractivity contribution is 0.487. The van der Waals surface area contributed by atoms with E-state index in [9.17, 15) is 0 Å². The maximum Gasteiger partial charge on any atom is 0.0401 e. The molecule has 0 radical (unpaired) electrons. The van der Waals surface area contributed by atoms with Crippen molar-refractivity contribution < 1.29 is 0 Å². The lowest BCUT2D eigenvalue weighted by atomic mass is 9.99. The third-order valence-electron chi connectivity index (χ3n) is 3.93. The Kier molecular flexibility index (Phi) is 3.17. The maximum atomic E-state index is 3.41. The molecule has 2 nitrogen and oxygen atoms in total. The first-order valence-corrected chi connectivity index (χ1v) is 6.46. The van der Waals surface area contributed by atoms with Crippen LogP contribution in [-0.4, -0.2) is 25.2 Å². The molecule has 1 aromatic carbocycles. The van der Waals surface area contributed by atoms with Crippen molar-refractivity contribution in [1.82, 2.24) is 5.32 Å². The van der Waals surface area contributed by atoms with Crippen molar-refractivity contribution >= 4 is 5.69 Å². The zero-order valence-electron chi connectivity index (χ0n) is 11.7. The van der Waals surface area contributed by atoms with Crippen molar-refractivity contribution in [3.8, 4) is 0 Å². The Hall–Kier alpha value is -1.02. The summed E-state index contributed by atoms with van der Waals surface area (Å²) in [6.45, 7) is 10.1. The van der Waals surface area contributed by atoms with Crippen LogP contribution in [0, 0.1) is 13.8 Å². The average Bonchev–Trinajstić information content (AvgIpc) is 2.54. The van der Waals surface area contributed by atoms with E-state index in [4.69, 9.17) is 0 Å². The van der Waals surface area contributed by atoms with E-state index in [1.165, 1.54) is 23.2 Å². The number of anilines is 1. The summed E-state index contributed by atoms with van der Waals surface area (Å²) in [4.78, 5) is 2.54. The first-order chi connectivity index (χ1) is 7.94. The second kappa shape index (κ2) is 4.34. The highest BCUT2D eigenvalue weighted by molar-refractivity contribution is 5.57. The van der Waals surface area contributed by atoms with Gasteiger partial charge in [-0.2, -0.15) is 0 Å². The van der Waals surface area contributed by atoms with Gasteiger partial charge in [0.25, 0.3) is 0 Å². The van der Waals surface area contributed by atoms with Crippen LogP contribution >= 0.6 is 0 Å². The van der Waals surface area contributed by atoms with E-state index in [0.29, 0.717) is 6.04 Å². The predicted molar refractivity (Wildman–Crippen MR) is 74.8 cm³/mol. The van der Waals surface area contributed by atoms with E-state index in [-0.39, 0.29) is 5.54 Å². The van der Waals surface area contributed by atoms with Gasteiger partial charge < -0.3 is 10.2 Å². The van der Waals surface area contributed by atoms with Gasteiger partial charge in [-0.1, -0.05) is 17.7 Å². The lowest BCUT2D eigenvalue weighted by Gasteiger charge is -2.34. The summed E-state index contributed by atoms with van der Waals surface area (Å²) in [6, 6.07) is 7.36. The summed E-state index contributed by atoms with van der Waals surface area (Å²) < 4.78 is 0. The molecule has 0 bridgehead atoms. The number of benzene rings is 1. The zero-order valence-corrected chi connectivity index (χ0v) is 11.7. The van der Waals surface area contributed by atoms with E-state index in [1.807, 2.05) is 0 Å². The normalized spacial score (nSPS) is 23.1. The molecule has 0 saturated carbocycles. The van der Waals surface area contributed by atoms with Crippen molar-refractivity contribution in [3.05, 3.63) is 29.3 Å². The van der Waals surface area contributed by atoms with Gasteiger partial charge in [-0.25, -0.2) is 0 Å². The Balaban J connectivity index is 2.33. The summed E-state index contributed by atoms with van der Waals surface area (Å²) in [7, 11) is 2.06. The number of aryl methyl sites for hydroxylation is 2. The molecule has 0 spiro atoms. The maximum absolute atomic E-state index is 3.41. The first kappa shape index (κ1) is 12.4. The Morgan fingerprint density at radius 1 is 1.29 bits per heavy atom. The van der Waals surface area contributed by atoms with E-state index in [1.54, 1.807) is 0 Å². The number of likely N-dealkylation sites (N-methyl/N-ethyl adjacent to an activating group) is 1. The molecule has 1 fully saturated rings. The molecule has 0 aliphatic carbocycles. The fourth-order valence-electron chi connectivity index (χ4n) is 2.97. The Bertz CT molecular complexity index is 409. The molecule has 17 heavy (non-hydrogen) atoms. The standard InChI is InChI=1S/C15H24N2/c1-11-6-7-14(12(2)8-11)17-10-13(16-5)9-15(17,3)4/h6-8,13,16H,9-10H2,1-5H3. The SMILES string of the molecule is CNC1CN(c2ccc(C)cc2C)C(C)(C)C1. The van der Waals surface area contributed by atoms with Gasteiger partial charge in [0.1, 0.15) is 0 Å². The van der Waals surface area contributed by atoms with Crippen LogP contribution in [0.15, 0.2) is 18.2 Å². The highest BCUT2D eigenvalue weighted by atomic mass is 15.2. The average molecular weight is 232 g/mol. The molecule has 0 amide bonds. The van der Waals surface area contributed by atoms with Gasteiger partial charge in [0.2, 0.25) is 0 Å². The lowest BCUT2D eigenvalue weighted by Crippen LogP contribution is -2.38. The van der Waals surface area contributed by atoms with Crippen LogP contribution in [0.3, 0.4) is 0 Å². The van der Waals surface area contributed by atoms with Gasteiger partial charge in [0.05, 0.1) is 0 Å². The van der Waals surface area contributed by atoms with E-state index >= 15 is 0 Å². The van der Waals surface area contributed by atoms with Gasteiger partial charge >= 0.3 is 0 Å². The van der Waals surface area contributed by atoms with Crippen molar-refractivity contribution in [2.24, 2.45) is 0 Å². The van der Waals surface area contributed by atoms with Crippen LogP contribution in [0.1, 0.15) is 31.4 Å². The van der Waals surface area contributed by atoms with Crippen molar-refractivity contribution in [2.45, 2.75) is 45.7 Å². The number of hydrogen-bond acceptors (Lipinski definition) is 2. The molecule has 0 aromatic heterocycles. The molecule has 1 N–H and O–H groups in total. The predicted octanol–water partition coefficient (Wildman–Crippen LogP) is 2.88. The molecule has 1 aromatic rings. The van der Waals surface area contributed by atoms with Crippen LogP contribution in [0.4, 0.5) is 5.69 Å². The van der Waals surface area contributed by atoms with Gasteiger partial charge in [0, 0.05) is 23.8 Å². The summed E-state index contributed by atoms with van der Waals surface area (Å²) in [5.74, 6) is 0. The van der Waals surface area contributed by atoms with Gasteiger partial charge in [0.15, 0.2) is 0 Å². The van der Waals surface area contributed by atoms with Gasteiger partial charge in [-0.05, 0) is 52.8 Å². The second-order valence-corrected chi connectivity index (χ2v) is 5.90. The van der Waals surface area contributed by atoms with E-state index < -0.39 is 0 Å². The topological polar surface area (TPSA) is 15.3 Å². The third kappa shape index (κ3) is 2.32. The largest absolute Gasteiger partial charge is 0.365 e. The smallest absolute Gasteiger partial charge is 0.0401 e. The zero-order chi connectivity index (χ0) is 12.6. The monoisotopic (exact) mass is 232 g/mol. The van der Waals surface area contributed by atoms with E-state index in [0.717, 1.165) is 6.54 Å². The number of nitrogens with zero attached hydrogens (tertiary/aromatic N) is 1. The summed E-state index contributed by atoms with van der Waals surface area (Å²) in [5.41, 5.74) is 4.36. The first-order valence-electron chi connectivity index (χ1n) is 6.46. The molecule has 1 saturated heterocycles. The quantitative estimate of drug-likeness (QED) is 0.843. The molecule has 1 aliphatic heterocycles. The highest BCUT2D eigenvalue weighted by Crippen LogP contribution is 2.35.